The molecule has 0 spiro atoms. The second-order valence-electron chi connectivity index (χ2n) is 5.24. The number of carbonyl (C=O) groups excluding carboxylic acids is 1. The Hall–Kier alpha value is -2.33. The van der Waals surface area contributed by atoms with Crippen LogP contribution in [0.25, 0.3) is 0 Å². The van der Waals surface area contributed by atoms with E-state index in [2.05, 4.69) is 0 Å². The van der Waals surface area contributed by atoms with Crippen LogP contribution in [0.5, 0.6) is 5.75 Å². The first-order chi connectivity index (χ1) is 10.7. The molecule has 0 aliphatic rings. The predicted octanol–water partition coefficient (Wildman–Crippen LogP) is 2.82. The molecule has 4 heteroatoms. The molecule has 0 radical (unpaired) electrons. The third kappa shape index (κ3) is 3.86. The van der Waals surface area contributed by atoms with E-state index in [0.717, 1.165) is 17.0 Å². The van der Waals surface area contributed by atoms with E-state index in [1.54, 1.807) is 12.0 Å². The summed E-state index contributed by atoms with van der Waals surface area (Å²) in [7, 11) is 1.62. The lowest BCUT2D eigenvalue weighted by Gasteiger charge is -2.26. The molecule has 0 saturated carbocycles. The van der Waals surface area contributed by atoms with Crippen molar-refractivity contribution in [3.63, 3.8) is 0 Å². The molecule has 0 bridgehead atoms. The third-order valence-corrected chi connectivity index (χ3v) is 3.61. The average molecular weight is 298 g/mol. The van der Waals surface area contributed by atoms with Crippen LogP contribution in [0.2, 0.25) is 0 Å². The first-order valence-electron chi connectivity index (χ1n) is 7.35. The lowest BCUT2D eigenvalue weighted by molar-refractivity contribution is -0.121. The van der Waals surface area contributed by atoms with Gasteiger partial charge in [0.2, 0.25) is 5.91 Å². The molecular weight excluding hydrogens is 276 g/mol. The van der Waals surface area contributed by atoms with Crippen LogP contribution in [0.4, 0.5) is 5.69 Å². The van der Waals surface area contributed by atoms with Crippen LogP contribution in [0, 0.1) is 5.92 Å². The Morgan fingerprint density at radius 3 is 2.32 bits per heavy atom. The highest BCUT2D eigenvalue weighted by Gasteiger charge is 2.21. The maximum Gasteiger partial charge on any atom is 0.231 e. The van der Waals surface area contributed by atoms with E-state index in [1.165, 1.54) is 0 Å². The molecule has 2 rings (SSSR count). The summed E-state index contributed by atoms with van der Waals surface area (Å²) in [6, 6.07) is 17.4. The highest BCUT2D eigenvalue weighted by molar-refractivity contribution is 5.95. The topological polar surface area (TPSA) is 55.6 Å². The summed E-state index contributed by atoms with van der Waals surface area (Å²) in [6.45, 7) is 2.71. The number of ether oxygens (including phenoxy) is 1. The van der Waals surface area contributed by atoms with Gasteiger partial charge in [0.15, 0.2) is 0 Å². The van der Waals surface area contributed by atoms with Gasteiger partial charge in [-0.25, -0.2) is 0 Å². The number of hydrogen-bond acceptors (Lipinski definition) is 3. The van der Waals surface area contributed by atoms with Crippen molar-refractivity contribution in [2.45, 2.75) is 13.5 Å². The number of hydrogen-bond donors (Lipinski definition) is 1. The minimum Gasteiger partial charge on any atom is -0.497 e. The zero-order valence-corrected chi connectivity index (χ0v) is 13.0. The molecule has 0 saturated heterocycles. The van der Waals surface area contributed by atoms with Gasteiger partial charge in [-0.1, -0.05) is 37.3 Å². The molecule has 0 fully saturated rings. The summed E-state index contributed by atoms with van der Waals surface area (Å²) in [4.78, 5) is 14.4. The van der Waals surface area contributed by atoms with Crippen LogP contribution >= 0.6 is 0 Å². The molecule has 0 aromatic heterocycles. The summed E-state index contributed by atoms with van der Waals surface area (Å²) in [5, 5.41) is 0. The van der Waals surface area contributed by atoms with Gasteiger partial charge in [0, 0.05) is 18.2 Å². The monoisotopic (exact) mass is 298 g/mol. The number of amides is 1. The maximum absolute atomic E-state index is 12.6. The number of carbonyl (C=O) groups is 1. The number of nitrogens with two attached hydrogens (primary N) is 1. The van der Waals surface area contributed by atoms with E-state index in [0.29, 0.717) is 13.1 Å². The Morgan fingerprint density at radius 2 is 1.77 bits per heavy atom. The number of nitrogens with zero attached hydrogens (tertiary/aromatic N) is 1. The number of anilines is 1. The van der Waals surface area contributed by atoms with Crippen molar-refractivity contribution in [1.82, 2.24) is 0 Å². The Kier molecular flexibility index (Phi) is 5.55. The average Bonchev–Trinajstić information content (AvgIpc) is 2.59. The molecule has 4 nitrogen and oxygen atoms in total. The first kappa shape index (κ1) is 16.0. The van der Waals surface area contributed by atoms with Gasteiger partial charge < -0.3 is 15.4 Å². The molecule has 0 aliphatic heterocycles. The SMILES string of the molecule is COc1ccc(N(Cc2ccccc2)C(=O)C(C)CN)cc1. The zero-order chi connectivity index (χ0) is 15.9. The van der Waals surface area contributed by atoms with Gasteiger partial charge in [0.1, 0.15) is 5.75 Å². The predicted molar refractivity (Wildman–Crippen MR) is 88.8 cm³/mol. The Morgan fingerprint density at radius 1 is 1.14 bits per heavy atom. The fourth-order valence-electron chi connectivity index (χ4n) is 2.19. The van der Waals surface area contributed by atoms with Gasteiger partial charge in [-0.3, -0.25) is 4.79 Å². The summed E-state index contributed by atoms with van der Waals surface area (Å²) in [5.41, 5.74) is 7.58. The fourth-order valence-corrected chi connectivity index (χ4v) is 2.19. The summed E-state index contributed by atoms with van der Waals surface area (Å²) in [6.07, 6.45) is 0. The molecule has 2 aromatic rings. The quantitative estimate of drug-likeness (QED) is 0.892. The van der Waals surface area contributed by atoms with Crippen molar-refractivity contribution in [3.8, 4) is 5.75 Å². The van der Waals surface area contributed by atoms with E-state index >= 15 is 0 Å². The van der Waals surface area contributed by atoms with Gasteiger partial charge in [-0.15, -0.1) is 0 Å². The molecule has 2 N–H and O–H groups in total. The largest absolute Gasteiger partial charge is 0.497 e. The van der Waals surface area contributed by atoms with Gasteiger partial charge >= 0.3 is 0 Å². The van der Waals surface area contributed by atoms with Gasteiger partial charge in [-0.05, 0) is 29.8 Å². The van der Waals surface area contributed by atoms with Crippen molar-refractivity contribution < 1.29 is 9.53 Å². The number of methoxy groups -OCH3 is 1. The lowest BCUT2D eigenvalue weighted by atomic mass is 10.1. The normalized spacial score (nSPS) is 11.8. The first-order valence-corrected chi connectivity index (χ1v) is 7.35. The molecule has 0 aliphatic carbocycles. The van der Waals surface area contributed by atoms with E-state index < -0.39 is 0 Å². The Bertz CT molecular complexity index is 596. The fraction of sp³-hybridized carbons (Fsp3) is 0.278. The van der Waals surface area contributed by atoms with Crippen LogP contribution in [0.15, 0.2) is 54.6 Å². The molecule has 1 atom stereocenters. The number of rotatable bonds is 6. The summed E-state index contributed by atoms with van der Waals surface area (Å²) < 4.78 is 5.17. The molecule has 0 heterocycles. The van der Waals surface area contributed by atoms with Gasteiger partial charge in [0.05, 0.1) is 13.7 Å². The number of benzene rings is 2. The van der Waals surface area contributed by atoms with Crippen molar-refractivity contribution >= 4 is 11.6 Å². The van der Waals surface area contributed by atoms with Crippen LogP contribution < -0.4 is 15.4 Å². The second kappa shape index (κ2) is 7.61. The maximum atomic E-state index is 12.6. The minimum atomic E-state index is -0.217. The van der Waals surface area contributed by atoms with Crippen molar-refractivity contribution in [2.75, 3.05) is 18.6 Å². The zero-order valence-electron chi connectivity index (χ0n) is 13.0. The summed E-state index contributed by atoms with van der Waals surface area (Å²) in [5.74, 6) is 0.574. The highest BCUT2D eigenvalue weighted by Crippen LogP contribution is 2.23. The van der Waals surface area contributed by atoms with Crippen LogP contribution in [0.1, 0.15) is 12.5 Å². The van der Waals surface area contributed by atoms with E-state index in [1.807, 2.05) is 61.5 Å². The van der Waals surface area contributed by atoms with Gasteiger partial charge in [-0.2, -0.15) is 0 Å². The lowest BCUT2D eigenvalue weighted by Crippen LogP contribution is -2.37. The van der Waals surface area contributed by atoms with Crippen LogP contribution in [-0.4, -0.2) is 19.6 Å². The van der Waals surface area contributed by atoms with Gasteiger partial charge in [0.25, 0.3) is 0 Å². The standard InChI is InChI=1S/C18H22N2O2/c1-14(12-19)18(21)20(13-15-6-4-3-5-7-15)16-8-10-17(22-2)11-9-16/h3-11,14H,12-13,19H2,1-2H3. The molecule has 1 amide bonds. The van der Waals surface area contributed by atoms with Crippen molar-refractivity contribution in [2.24, 2.45) is 11.7 Å². The third-order valence-electron chi connectivity index (χ3n) is 3.61. The van der Waals surface area contributed by atoms with E-state index in [9.17, 15) is 4.79 Å². The molecule has 116 valence electrons. The molecule has 22 heavy (non-hydrogen) atoms. The van der Waals surface area contributed by atoms with Crippen molar-refractivity contribution in [1.29, 1.82) is 0 Å². The summed E-state index contributed by atoms with van der Waals surface area (Å²) >= 11 is 0. The van der Waals surface area contributed by atoms with E-state index in [4.69, 9.17) is 10.5 Å². The Labute approximate surface area is 131 Å². The van der Waals surface area contributed by atoms with Crippen LogP contribution in [-0.2, 0) is 11.3 Å². The smallest absolute Gasteiger partial charge is 0.231 e. The van der Waals surface area contributed by atoms with Crippen molar-refractivity contribution in [3.05, 3.63) is 60.2 Å². The Balaban J connectivity index is 2.29. The highest BCUT2D eigenvalue weighted by atomic mass is 16.5. The molecule has 2 aromatic carbocycles. The van der Waals surface area contributed by atoms with Crippen LogP contribution in [0.3, 0.4) is 0 Å². The minimum absolute atomic E-state index is 0.0246. The van der Waals surface area contributed by atoms with E-state index in [-0.39, 0.29) is 11.8 Å². The molecular formula is C18H22N2O2. The second-order valence-corrected chi connectivity index (χ2v) is 5.24. The molecule has 1 unspecified atom stereocenters.